The molecule has 0 unspecified atom stereocenters. The zero-order chi connectivity index (χ0) is 20.4. The van der Waals surface area contributed by atoms with Crippen LogP contribution in [0.1, 0.15) is 20.8 Å². The van der Waals surface area contributed by atoms with Crippen LogP contribution in [-0.4, -0.2) is 40.4 Å². The summed E-state index contributed by atoms with van der Waals surface area (Å²) in [5.41, 5.74) is 0.851. The minimum absolute atomic E-state index is 0.0928. The third-order valence-corrected chi connectivity index (χ3v) is 5.59. The monoisotopic (exact) mass is 412 g/mol. The van der Waals surface area contributed by atoms with E-state index in [9.17, 15) is 14.7 Å². The predicted octanol–water partition coefficient (Wildman–Crippen LogP) is 2.57. The lowest BCUT2D eigenvalue weighted by atomic mass is 10.1. The van der Waals surface area contributed by atoms with E-state index in [-0.39, 0.29) is 25.5 Å². The fourth-order valence-corrected chi connectivity index (χ4v) is 3.97. The van der Waals surface area contributed by atoms with Gasteiger partial charge in [-0.15, -0.1) is 11.3 Å². The molecule has 1 amide bonds. The molecule has 0 saturated heterocycles. The van der Waals surface area contributed by atoms with E-state index >= 15 is 0 Å². The molecule has 1 aliphatic heterocycles. The highest BCUT2D eigenvalue weighted by Gasteiger charge is 2.23. The third-order valence-electron chi connectivity index (χ3n) is 4.73. The number of benzene rings is 1. The maximum atomic E-state index is 13.2. The first-order valence-corrected chi connectivity index (χ1v) is 10.0. The van der Waals surface area contributed by atoms with Gasteiger partial charge in [-0.3, -0.25) is 14.2 Å². The first-order chi connectivity index (χ1) is 14.1. The Morgan fingerprint density at radius 3 is 2.83 bits per heavy atom. The lowest BCUT2D eigenvalue weighted by Crippen LogP contribution is -2.38. The number of aryl methyl sites for hydroxylation is 1. The van der Waals surface area contributed by atoms with Gasteiger partial charge in [0.2, 0.25) is 6.79 Å². The molecule has 0 spiro atoms. The van der Waals surface area contributed by atoms with Crippen molar-refractivity contribution in [3.05, 3.63) is 74.3 Å². The van der Waals surface area contributed by atoms with E-state index in [0.29, 0.717) is 29.3 Å². The number of aliphatic hydroxyl groups is 1. The second kappa shape index (κ2) is 8.10. The van der Waals surface area contributed by atoms with Crippen LogP contribution in [0.15, 0.2) is 52.8 Å². The zero-order valence-corrected chi connectivity index (χ0v) is 16.6. The van der Waals surface area contributed by atoms with Crippen LogP contribution in [0, 0.1) is 6.92 Å². The Labute approximate surface area is 171 Å². The van der Waals surface area contributed by atoms with Crippen molar-refractivity contribution < 1.29 is 19.4 Å². The van der Waals surface area contributed by atoms with E-state index in [1.807, 2.05) is 17.5 Å². The van der Waals surface area contributed by atoms with Crippen LogP contribution in [-0.2, 0) is 6.54 Å². The molecule has 0 bridgehead atoms. The topological polar surface area (TPSA) is 81.0 Å². The number of fused-ring (bicyclic) bond motifs is 1. The average molecular weight is 412 g/mol. The molecule has 1 N–H and O–H groups in total. The number of ether oxygens (including phenoxy) is 2. The normalized spacial score (nSPS) is 12.2. The molecule has 1 aliphatic rings. The molecule has 0 fully saturated rings. The van der Waals surface area contributed by atoms with Crippen molar-refractivity contribution in [3.63, 3.8) is 0 Å². The molecule has 0 saturated carbocycles. The highest BCUT2D eigenvalue weighted by molar-refractivity contribution is 7.09. The van der Waals surface area contributed by atoms with Gasteiger partial charge in [0.25, 0.3) is 11.5 Å². The van der Waals surface area contributed by atoms with Crippen LogP contribution in [0.25, 0.3) is 5.69 Å². The number of hydrogen-bond donors (Lipinski definition) is 1. The van der Waals surface area contributed by atoms with Crippen molar-refractivity contribution in [2.45, 2.75) is 13.5 Å². The minimum Gasteiger partial charge on any atom is -0.454 e. The largest absolute Gasteiger partial charge is 0.454 e. The van der Waals surface area contributed by atoms with Crippen LogP contribution in [0.2, 0.25) is 0 Å². The van der Waals surface area contributed by atoms with Gasteiger partial charge in [0.15, 0.2) is 11.5 Å². The summed E-state index contributed by atoms with van der Waals surface area (Å²) in [6.07, 6.45) is 1.64. The zero-order valence-electron chi connectivity index (χ0n) is 15.8. The van der Waals surface area contributed by atoms with Crippen LogP contribution in [0.3, 0.4) is 0 Å². The van der Waals surface area contributed by atoms with Crippen molar-refractivity contribution in [2.24, 2.45) is 0 Å². The molecule has 2 aromatic heterocycles. The van der Waals surface area contributed by atoms with E-state index in [1.165, 1.54) is 20.8 Å². The second-order valence-electron chi connectivity index (χ2n) is 6.62. The van der Waals surface area contributed by atoms with Gasteiger partial charge >= 0.3 is 0 Å². The molecule has 3 aromatic rings. The predicted molar refractivity (Wildman–Crippen MR) is 109 cm³/mol. The fourth-order valence-electron chi connectivity index (χ4n) is 3.25. The van der Waals surface area contributed by atoms with Gasteiger partial charge in [0.05, 0.1) is 18.8 Å². The molecule has 0 aliphatic carbocycles. The summed E-state index contributed by atoms with van der Waals surface area (Å²) in [7, 11) is 0. The number of amides is 1. The summed E-state index contributed by atoms with van der Waals surface area (Å²) >= 11 is 1.52. The van der Waals surface area contributed by atoms with Crippen molar-refractivity contribution >= 4 is 17.2 Å². The number of pyridine rings is 1. The first-order valence-electron chi connectivity index (χ1n) is 9.13. The van der Waals surface area contributed by atoms with E-state index in [0.717, 1.165) is 4.88 Å². The SMILES string of the molecule is Cc1ccn(-c2ccc3c(c2)OCO3)c(=O)c1C(=O)N(CCO)Cc1cccs1. The summed E-state index contributed by atoms with van der Waals surface area (Å²) in [5.74, 6) is 0.780. The second-order valence-corrected chi connectivity index (χ2v) is 7.65. The fraction of sp³-hybridized carbons (Fsp3) is 0.238. The van der Waals surface area contributed by atoms with Crippen molar-refractivity contribution in [2.75, 3.05) is 19.9 Å². The van der Waals surface area contributed by atoms with Gasteiger partial charge in [-0.1, -0.05) is 6.07 Å². The maximum Gasteiger partial charge on any atom is 0.268 e. The molecule has 7 nitrogen and oxygen atoms in total. The van der Waals surface area contributed by atoms with Crippen molar-refractivity contribution in [1.29, 1.82) is 0 Å². The summed E-state index contributed by atoms with van der Waals surface area (Å²) in [6, 6.07) is 10.8. The molecule has 1 aromatic carbocycles. The maximum absolute atomic E-state index is 13.2. The van der Waals surface area contributed by atoms with Gasteiger partial charge in [0, 0.05) is 23.7 Å². The lowest BCUT2D eigenvalue weighted by molar-refractivity contribution is 0.0706. The molecule has 150 valence electrons. The molecule has 4 rings (SSSR count). The van der Waals surface area contributed by atoms with Crippen LogP contribution >= 0.6 is 11.3 Å². The van der Waals surface area contributed by atoms with Crippen LogP contribution < -0.4 is 15.0 Å². The van der Waals surface area contributed by atoms with Gasteiger partial charge < -0.3 is 19.5 Å². The number of nitrogens with zero attached hydrogens (tertiary/aromatic N) is 2. The summed E-state index contributed by atoms with van der Waals surface area (Å²) in [5, 5.41) is 11.4. The molecular weight excluding hydrogens is 392 g/mol. The number of aromatic nitrogens is 1. The van der Waals surface area contributed by atoms with Crippen LogP contribution in [0.4, 0.5) is 0 Å². The molecule has 0 atom stereocenters. The highest BCUT2D eigenvalue weighted by atomic mass is 32.1. The Morgan fingerprint density at radius 1 is 1.24 bits per heavy atom. The summed E-state index contributed by atoms with van der Waals surface area (Å²) in [6.45, 7) is 2.19. The lowest BCUT2D eigenvalue weighted by Gasteiger charge is -2.22. The van der Waals surface area contributed by atoms with E-state index < -0.39 is 11.5 Å². The van der Waals surface area contributed by atoms with Gasteiger partial charge in [-0.05, 0) is 42.1 Å². The number of carbonyl (C=O) groups is 1. The van der Waals surface area contributed by atoms with Crippen molar-refractivity contribution in [3.8, 4) is 17.2 Å². The Morgan fingerprint density at radius 2 is 2.07 bits per heavy atom. The smallest absolute Gasteiger partial charge is 0.268 e. The molecule has 29 heavy (non-hydrogen) atoms. The van der Waals surface area contributed by atoms with Crippen molar-refractivity contribution in [1.82, 2.24) is 9.47 Å². The third kappa shape index (κ3) is 3.76. The first kappa shape index (κ1) is 19.2. The quantitative estimate of drug-likeness (QED) is 0.673. The van der Waals surface area contributed by atoms with Gasteiger partial charge in [0.1, 0.15) is 5.56 Å². The van der Waals surface area contributed by atoms with E-state index in [1.54, 1.807) is 37.4 Å². The Bertz CT molecular complexity index is 1090. The Hall–Kier alpha value is -3.10. The highest BCUT2D eigenvalue weighted by Crippen LogP contribution is 2.33. The number of rotatable bonds is 6. The number of aliphatic hydroxyl groups excluding tert-OH is 1. The van der Waals surface area contributed by atoms with Gasteiger partial charge in [-0.25, -0.2) is 0 Å². The minimum atomic E-state index is -0.414. The molecule has 8 heteroatoms. The average Bonchev–Trinajstić information content (AvgIpc) is 3.38. The number of thiophene rings is 1. The van der Waals surface area contributed by atoms with E-state index in [2.05, 4.69) is 0 Å². The Balaban J connectivity index is 1.72. The summed E-state index contributed by atoms with van der Waals surface area (Å²) < 4.78 is 12.1. The molecule has 0 radical (unpaired) electrons. The number of carbonyl (C=O) groups excluding carboxylic acids is 1. The number of hydrogen-bond acceptors (Lipinski definition) is 6. The summed E-state index contributed by atoms with van der Waals surface area (Å²) in [4.78, 5) is 28.9. The van der Waals surface area contributed by atoms with E-state index in [4.69, 9.17) is 9.47 Å². The van der Waals surface area contributed by atoms with Crippen LogP contribution in [0.5, 0.6) is 11.5 Å². The molecular formula is C21H20N2O5S. The van der Waals surface area contributed by atoms with Gasteiger partial charge in [-0.2, -0.15) is 0 Å². The Kier molecular flexibility index (Phi) is 5.37. The standard InChI is InChI=1S/C21H20N2O5S/c1-14-6-7-23(15-4-5-17-18(11-15)28-13-27-17)21(26)19(14)20(25)22(8-9-24)12-16-3-2-10-29-16/h2-7,10-11,24H,8-9,12-13H2,1H3. The molecule has 3 heterocycles.